The molecule has 0 bridgehead atoms. The summed E-state index contributed by atoms with van der Waals surface area (Å²) >= 11 is 0. The molecule has 1 amide bonds. The average molecular weight is 263 g/mol. The number of rotatable bonds is 3. The van der Waals surface area contributed by atoms with E-state index in [4.69, 9.17) is 4.74 Å². The molecule has 2 rings (SSSR count). The number of ether oxygens (including phenoxy) is 1. The summed E-state index contributed by atoms with van der Waals surface area (Å²) < 4.78 is 4.81. The van der Waals surface area contributed by atoms with Crippen LogP contribution in [0.15, 0.2) is 18.3 Å². The maximum Gasteiger partial charge on any atom is 0.412 e. The lowest BCUT2D eigenvalue weighted by Gasteiger charge is -2.22. The lowest BCUT2D eigenvalue weighted by atomic mass is 10.2. The SMILES string of the molecule is CCOC(=O)Nc1ccc(N2CCCCCC2)cn1. The fourth-order valence-corrected chi connectivity index (χ4v) is 2.25. The van der Waals surface area contributed by atoms with E-state index >= 15 is 0 Å². The lowest BCUT2D eigenvalue weighted by Crippen LogP contribution is -2.24. The van der Waals surface area contributed by atoms with Gasteiger partial charge in [-0.25, -0.2) is 9.78 Å². The van der Waals surface area contributed by atoms with Crippen molar-refractivity contribution in [2.45, 2.75) is 32.6 Å². The van der Waals surface area contributed by atoms with Crippen LogP contribution in [0.4, 0.5) is 16.3 Å². The van der Waals surface area contributed by atoms with E-state index in [1.807, 2.05) is 18.3 Å². The smallest absolute Gasteiger partial charge is 0.412 e. The lowest BCUT2D eigenvalue weighted by molar-refractivity contribution is 0.168. The van der Waals surface area contributed by atoms with Crippen molar-refractivity contribution >= 4 is 17.6 Å². The van der Waals surface area contributed by atoms with Crippen molar-refractivity contribution in [2.75, 3.05) is 29.9 Å². The van der Waals surface area contributed by atoms with Crippen molar-refractivity contribution in [3.8, 4) is 0 Å². The average Bonchev–Trinajstić information content (AvgIpc) is 2.69. The van der Waals surface area contributed by atoms with E-state index in [2.05, 4.69) is 15.2 Å². The number of nitrogens with one attached hydrogen (secondary N) is 1. The first kappa shape index (κ1) is 13.6. The second-order valence-electron chi connectivity index (χ2n) is 4.65. The summed E-state index contributed by atoms with van der Waals surface area (Å²) in [4.78, 5) is 17.9. The van der Waals surface area contributed by atoms with Crippen molar-refractivity contribution in [1.82, 2.24) is 4.98 Å². The maximum atomic E-state index is 11.3. The molecule has 1 saturated heterocycles. The van der Waals surface area contributed by atoms with Gasteiger partial charge < -0.3 is 9.64 Å². The van der Waals surface area contributed by atoms with Gasteiger partial charge in [-0.2, -0.15) is 0 Å². The Morgan fingerprint density at radius 2 is 2.05 bits per heavy atom. The molecule has 0 saturated carbocycles. The van der Waals surface area contributed by atoms with Crippen LogP contribution in [0.5, 0.6) is 0 Å². The molecule has 5 heteroatoms. The van der Waals surface area contributed by atoms with Gasteiger partial charge in [-0.3, -0.25) is 5.32 Å². The molecule has 1 aliphatic rings. The largest absolute Gasteiger partial charge is 0.450 e. The molecule has 2 heterocycles. The highest BCUT2D eigenvalue weighted by Gasteiger charge is 2.10. The van der Waals surface area contributed by atoms with Gasteiger partial charge in [0.25, 0.3) is 0 Å². The summed E-state index contributed by atoms with van der Waals surface area (Å²) in [5.74, 6) is 0.525. The van der Waals surface area contributed by atoms with E-state index in [-0.39, 0.29) is 0 Å². The number of nitrogens with zero attached hydrogens (tertiary/aromatic N) is 2. The Kier molecular flexibility index (Phi) is 5.01. The first-order valence-electron chi connectivity index (χ1n) is 6.94. The number of carbonyl (C=O) groups is 1. The molecule has 0 radical (unpaired) electrons. The quantitative estimate of drug-likeness (QED) is 0.910. The summed E-state index contributed by atoms with van der Waals surface area (Å²) in [6.07, 6.45) is 6.45. The van der Waals surface area contributed by atoms with Crippen LogP contribution in [0.25, 0.3) is 0 Å². The van der Waals surface area contributed by atoms with Gasteiger partial charge >= 0.3 is 6.09 Å². The normalized spacial score (nSPS) is 15.7. The Labute approximate surface area is 114 Å². The number of hydrogen-bond donors (Lipinski definition) is 1. The maximum absolute atomic E-state index is 11.3. The molecule has 0 spiro atoms. The van der Waals surface area contributed by atoms with Crippen molar-refractivity contribution in [3.05, 3.63) is 18.3 Å². The van der Waals surface area contributed by atoms with E-state index in [0.717, 1.165) is 18.8 Å². The second-order valence-corrected chi connectivity index (χ2v) is 4.65. The predicted octanol–water partition coefficient (Wildman–Crippen LogP) is 3.03. The van der Waals surface area contributed by atoms with Gasteiger partial charge in [0.05, 0.1) is 18.5 Å². The van der Waals surface area contributed by atoms with Crippen LogP contribution in [0.2, 0.25) is 0 Å². The molecular weight excluding hydrogens is 242 g/mol. The van der Waals surface area contributed by atoms with Gasteiger partial charge in [0, 0.05) is 13.1 Å². The zero-order valence-corrected chi connectivity index (χ0v) is 11.4. The topological polar surface area (TPSA) is 54.5 Å². The molecule has 0 aromatic carbocycles. The predicted molar refractivity (Wildman–Crippen MR) is 75.6 cm³/mol. The van der Waals surface area contributed by atoms with E-state index in [9.17, 15) is 4.79 Å². The van der Waals surface area contributed by atoms with Gasteiger partial charge in [-0.05, 0) is 31.9 Å². The van der Waals surface area contributed by atoms with Crippen molar-refractivity contribution in [2.24, 2.45) is 0 Å². The number of pyridine rings is 1. The minimum atomic E-state index is -0.461. The Balaban J connectivity index is 1.95. The van der Waals surface area contributed by atoms with Gasteiger partial charge in [0.1, 0.15) is 5.82 Å². The van der Waals surface area contributed by atoms with Crippen LogP contribution in [-0.2, 0) is 4.74 Å². The minimum Gasteiger partial charge on any atom is -0.450 e. The zero-order valence-electron chi connectivity index (χ0n) is 11.4. The molecule has 0 aliphatic carbocycles. The number of amides is 1. The standard InChI is InChI=1S/C14H21N3O2/c1-2-19-14(18)16-13-8-7-12(11-15-13)17-9-5-3-4-6-10-17/h7-8,11H,2-6,9-10H2,1H3,(H,15,16,18). The highest BCUT2D eigenvalue weighted by atomic mass is 16.5. The summed E-state index contributed by atoms with van der Waals surface area (Å²) in [5.41, 5.74) is 1.12. The first-order valence-corrected chi connectivity index (χ1v) is 6.94. The molecule has 0 unspecified atom stereocenters. The Morgan fingerprint density at radius 1 is 1.32 bits per heavy atom. The van der Waals surface area contributed by atoms with E-state index in [0.29, 0.717) is 12.4 Å². The first-order chi connectivity index (χ1) is 9.29. The van der Waals surface area contributed by atoms with Crippen LogP contribution in [-0.4, -0.2) is 30.8 Å². The Morgan fingerprint density at radius 3 is 2.63 bits per heavy atom. The van der Waals surface area contributed by atoms with Crippen LogP contribution in [0.3, 0.4) is 0 Å². The molecule has 1 aromatic rings. The van der Waals surface area contributed by atoms with Crippen molar-refractivity contribution in [1.29, 1.82) is 0 Å². The van der Waals surface area contributed by atoms with E-state index < -0.39 is 6.09 Å². The molecule has 0 atom stereocenters. The molecular formula is C14H21N3O2. The van der Waals surface area contributed by atoms with Crippen molar-refractivity contribution in [3.63, 3.8) is 0 Å². The zero-order chi connectivity index (χ0) is 13.5. The third-order valence-electron chi connectivity index (χ3n) is 3.22. The highest BCUT2D eigenvalue weighted by Crippen LogP contribution is 2.19. The second kappa shape index (κ2) is 6.97. The van der Waals surface area contributed by atoms with Crippen LogP contribution < -0.4 is 10.2 Å². The van der Waals surface area contributed by atoms with Crippen LogP contribution >= 0.6 is 0 Å². The van der Waals surface area contributed by atoms with E-state index in [1.165, 1.54) is 25.7 Å². The molecule has 1 aliphatic heterocycles. The van der Waals surface area contributed by atoms with Gasteiger partial charge in [0.15, 0.2) is 0 Å². The third kappa shape index (κ3) is 4.12. The molecule has 1 N–H and O–H groups in total. The Hall–Kier alpha value is -1.78. The summed E-state index contributed by atoms with van der Waals surface area (Å²) in [7, 11) is 0. The summed E-state index contributed by atoms with van der Waals surface area (Å²) in [6, 6.07) is 3.82. The minimum absolute atomic E-state index is 0.359. The van der Waals surface area contributed by atoms with Crippen LogP contribution in [0.1, 0.15) is 32.6 Å². The van der Waals surface area contributed by atoms with E-state index in [1.54, 1.807) is 6.92 Å². The van der Waals surface area contributed by atoms with Gasteiger partial charge in [-0.1, -0.05) is 12.8 Å². The van der Waals surface area contributed by atoms with Gasteiger partial charge in [0.2, 0.25) is 0 Å². The fraction of sp³-hybridized carbons (Fsp3) is 0.571. The molecule has 1 fully saturated rings. The molecule has 104 valence electrons. The van der Waals surface area contributed by atoms with Gasteiger partial charge in [-0.15, -0.1) is 0 Å². The number of hydrogen-bond acceptors (Lipinski definition) is 4. The molecule has 5 nitrogen and oxygen atoms in total. The van der Waals surface area contributed by atoms with Crippen molar-refractivity contribution < 1.29 is 9.53 Å². The highest BCUT2D eigenvalue weighted by molar-refractivity contribution is 5.83. The number of aromatic nitrogens is 1. The Bertz CT molecular complexity index is 398. The summed E-state index contributed by atoms with van der Waals surface area (Å²) in [6.45, 7) is 4.31. The number of carbonyl (C=O) groups excluding carboxylic acids is 1. The summed E-state index contributed by atoms with van der Waals surface area (Å²) in [5, 5.41) is 2.59. The molecule has 19 heavy (non-hydrogen) atoms. The monoisotopic (exact) mass is 263 g/mol. The van der Waals surface area contributed by atoms with Crippen LogP contribution in [0, 0.1) is 0 Å². The number of anilines is 2. The third-order valence-corrected chi connectivity index (χ3v) is 3.22. The molecule has 1 aromatic heterocycles. The fourth-order valence-electron chi connectivity index (χ4n) is 2.25.